The second-order valence-electron chi connectivity index (χ2n) is 3.48. The van der Waals surface area contributed by atoms with Crippen molar-refractivity contribution < 1.29 is 4.79 Å². The Hall–Kier alpha value is -2.30. The van der Waals surface area contributed by atoms with Crippen molar-refractivity contribution in [3.8, 4) is 5.69 Å². The fourth-order valence-corrected chi connectivity index (χ4v) is 1.55. The predicted molar refractivity (Wildman–Crippen MR) is 59.6 cm³/mol. The Morgan fingerprint density at radius 3 is 2.38 bits per heavy atom. The number of nitrogens with two attached hydrogens (primary N) is 1. The monoisotopic (exact) mass is 217 g/mol. The van der Waals surface area contributed by atoms with Gasteiger partial charge in [-0.1, -0.05) is 0 Å². The van der Waals surface area contributed by atoms with Crippen molar-refractivity contribution in [2.75, 3.05) is 0 Å². The zero-order valence-electron chi connectivity index (χ0n) is 8.73. The van der Waals surface area contributed by atoms with Crippen LogP contribution in [0.1, 0.15) is 16.1 Å². The maximum atomic E-state index is 11.5. The standard InChI is InChI=1S/C11H11N3O2/c1-7-6-13-11(16)14(7)9-4-2-8(3-5-9)10(12)15/h2-6H,1H3,(H2,12,15)(H,13,16). The number of primary amides is 1. The molecule has 0 unspecified atom stereocenters. The Labute approximate surface area is 91.5 Å². The molecule has 82 valence electrons. The quantitative estimate of drug-likeness (QED) is 0.771. The van der Waals surface area contributed by atoms with E-state index in [0.29, 0.717) is 11.3 Å². The number of aromatic amines is 1. The van der Waals surface area contributed by atoms with Gasteiger partial charge in [-0.05, 0) is 31.2 Å². The molecule has 0 aliphatic carbocycles. The number of nitrogens with one attached hydrogen (secondary N) is 1. The molecule has 0 spiro atoms. The molecule has 0 atom stereocenters. The number of carbonyl (C=O) groups is 1. The molecule has 0 saturated carbocycles. The van der Waals surface area contributed by atoms with Gasteiger partial charge in [0, 0.05) is 17.5 Å². The summed E-state index contributed by atoms with van der Waals surface area (Å²) in [5, 5.41) is 0. The number of aryl methyl sites for hydroxylation is 1. The minimum absolute atomic E-state index is 0.204. The third kappa shape index (κ3) is 1.63. The Balaban J connectivity index is 2.50. The van der Waals surface area contributed by atoms with E-state index in [0.717, 1.165) is 5.69 Å². The van der Waals surface area contributed by atoms with Gasteiger partial charge in [0.05, 0.1) is 5.69 Å². The molecule has 0 fully saturated rings. The zero-order valence-corrected chi connectivity index (χ0v) is 8.73. The minimum atomic E-state index is -0.482. The van der Waals surface area contributed by atoms with E-state index < -0.39 is 5.91 Å². The summed E-state index contributed by atoms with van der Waals surface area (Å²) >= 11 is 0. The molecule has 16 heavy (non-hydrogen) atoms. The largest absolute Gasteiger partial charge is 0.366 e. The Kier molecular flexibility index (Phi) is 2.36. The summed E-state index contributed by atoms with van der Waals surface area (Å²) < 4.78 is 1.52. The lowest BCUT2D eigenvalue weighted by atomic mass is 10.2. The van der Waals surface area contributed by atoms with E-state index in [4.69, 9.17) is 5.73 Å². The lowest BCUT2D eigenvalue weighted by molar-refractivity contribution is 0.100. The number of H-pyrrole nitrogens is 1. The Morgan fingerprint density at radius 1 is 1.31 bits per heavy atom. The molecule has 0 aliphatic rings. The third-order valence-corrected chi connectivity index (χ3v) is 2.37. The van der Waals surface area contributed by atoms with Gasteiger partial charge in [-0.25, -0.2) is 4.79 Å². The first kappa shape index (κ1) is 10.2. The maximum absolute atomic E-state index is 11.5. The topological polar surface area (TPSA) is 80.9 Å². The number of rotatable bonds is 2. The fraction of sp³-hybridized carbons (Fsp3) is 0.0909. The lowest BCUT2D eigenvalue weighted by Crippen LogP contribution is -2.16. The number of amides is 1. The van der Waals surface area contributed by atoms with Crippen LogP contribution in [-0.4, -0.2) is 15.5 Å². The number of hydrogen-bond acceptors (Lipinski definition) is 2. The van der Waals surface area contributed by atoms with Crippen molar-refractivity contribution in [2.24, 2.45) is 5.73 Å². The summed E-state index contributed by atoms with van der Waals surface area (Å²) in [7, 11) is 0. The molecule has 0 radical (unpaired) electrons. The Bertz CT molecular complexity index is 578. The number of imidazole rings is 1. The van der Waals surface area contributed by atoms with Crippen LogP contribution in [0, 0.1) is 6.92 Å². The first-order chi connectivity index (χ1) is 7.59. The van der Waals surface area contributed by atoms with Crippen molar-refractivity contribution in [2.45, 2.75) is 6.92 Å². The van der Waals surface area contributed by atoms with E-state index in [1.54, 1.807) is 30.5 Å². The van der Waals surface area contributed by atoms with Gasteiger partial charge in [0.2, 0.25) is 5.91 Å². The molecule has 1 amide bonds. The summed E-state index contributed by atoms with van der Waals surface area (Å²) in [5.41, 5.74) is 6.85. The van der Waals surface area contributed by atoms with E-state index in [2.05, 4.69) is 4.98 Å². The molecule has 2 aromatic rings. The van der Waals surface area contributed by atoms with E-state index in [1.165, 1.54) is 4.57 Å². The normalized spacial score (nSPS) is 10.3. The number of aromatic nitrogens is 2. The summed E-state index contributed by atoms with van der Waals surface area (Å²) in [6.45, 7) is 1.82. The molecule has 1 heterocycles. The molecule has 2 rings (SSSR count). The van der Waals surface area contributed by atoms with Crippen molar-refractivity contribution in [1.29, 1.82) is 0 Å². The average Bonchev–Trinajstić information content (AvgIpc) is 2.59. The van der Waals surface area contributed by atoms with Crippen LogP contribution >= 0.6 is 0 Å². The maximum Gasteiger partial charge on any atom is 0.330 e. The fourth-order valence-electron chi connectivity index (χ4n) is 1.55. The lowest BCUT2D eigenvalue weighted by Gasteiger charge is -2.04. The molecule has 3 N–H and O–H groups in total. The van der Waals surface area contributed by atoms with Crippen LogP contribution in [0.4, 0.5) is 0 Å². The molecular formula is C11H11N3O2. The number of benzene rings is 1. The third-order valence-electron chi connectivity index (χ3n) is 2.37. The Morgan fingerprint density at radius 2 is 1.94 bits per heavy atom. The zero-order chi connectivity index (χ0) is 11.7. The van der Waals surface area contributed by atoms with Crippen LogP contribution < -0.4 is 11.4 Å². The van der Waals surface area contributed by atoms with Crippen molar-refractivity contribution in [1.82, 2.24) is 9.55 Å². The smallest absolute Gasteiger partial charge is 0.330 e. The highest BCUT2D eigenvalue weighted by atomic mass is 16.1. The van der Waals surface area contributed by atoms with Crippen LogP contribution in [0.25, 0.3) is 5.69 Å². The molecular weight excluding hydrogens is 206 g/mol. The molecule has 1 aromatic carbocycles. The van der Waals surface area contributed by atoms with Crippen LogP contribution in [0.2, 0.25) is 0 Å². The van der Waals surface area contributed by atoms with Crippen molar-refractivity contribution in [3.63, 3.8) is 0 Å². The van der Waals surface area contributed by atoms with Crippen LogP contribution in [0.3, 0.4) is 0 Å². The summed E-state index contributed by atoms with van der Waals surface area (Å²) in [6, 6.07) is 6.55. The second kappa shape index (κ2) is 3.69. The first-order valence-electron chi connectivity index (χ1n) is 4.77. The average molecular weight is 217 g/mol. The van der Waals surface area contributed by atoms with E-state index in [9.17, 15) is 9.59 Å². The van der Waals surface area contributed by atoms with Gasteiger partial charge in [0.25, 0.3) is 0 Å². The van der Waals surface area contributed by atoms with Crippen molar-refractivity contribution in [3.05, 3.63) is 52.2 Å². The summed E-state index contributed by atoms with van der Waals surface area (Å²) in [5.74, 6) is -0.482. The van der Waals surface area contributed by atoms with Crippen LogP contribution in [0.5, 0.6) is 0 Å². The van der Waals surface area contributed by atoms with Gasteiger partial charge in [0.15, 0.2) is 0 Å². The molecule has 5 heteroatoms. The van der Waals surface area contributed by atoms with Gasteiger partial charge in [-0.2, -0.15) is 0 Å². The first-order valence-corrected chi connectivity index (χ1v) is 4.77. The van der Waals surface area contributed by atoms with E-state index in [-0.39, 0.29) is 5.69 Å². The minimum Gasteiger partial charge on any atom is -0.366 e. The predicted octanol–water partition coefficient (Wildman–Crippen LogP) is 0.573. The summed E-state index contributed by atoms with van der Waals surface area (Å²) in [6.07, 6.45) is 1.63. The highest BCUT2D eigenvalue weighted by molar-refractivity contribution is 5.92. The molecule has 1 aromatic heterocycles. The number of nitrogens with zero attached hydrogens (tertiary/aromatic N) is 1. The summed E-state index contributed by atoms with van der Waals surface area (Å²) in [4.78, 5) is 24.9. The van der Waals surface area contributed by atoms with Gasteiger partial charge < -0.3 is 10.7 Å². The molecule has 0 aliphatic heterocycles. The highest BCUT2D eigenvalue weighted by Gasteiger charge is 2.05. The second-order valence-corrected chi connectivity index (χ2v) is 3.48. The van der Waals surface area contributed by atoms with E-state index in [1.807, 2.05) is 6.92 Å². The van der Waals surface area contributed by atoms with Crippen LogP contribution in [0.15, 0.2) is 35.3 Å². The van der Waals surface area contributed by atoms with E-state index >= 15 is 0 Å². The van der Waals surface area contributed by atoms with Gasteiger partial charge >= 0.3 is 5.69 Å². The number of hydrogen-bond donors (Lipinski definition) is 2. The van der Waals surface area contributed by atoms with Gasteiger partial charge in [0.1, 0.15) is 0 Å². The molecule has 0 bridgehead atoms. The number of carbonyl (C=O) groups excluding carboxylic acids is 1. The molecule has 5 nitrogen and oxygen atoms in total. The molecule has 0 saturated heterocycles. The highest BCUT2D eigenvalue weighted by Crippen LogP contribution is 2.09. The van der Waals surface area contributed by atoms with Gasteiger partial charge in [-0.3, -0.25) is 9.36 Å². The SMILES string of the molecule is Cc1c[nH]c(=O)n1-c1ccc(C(N)=O)cc1. The van der Waals surface area contributed by atoms with Crippen molar-refractivity contribution >= 4 is 5.91 Å². The van der Waals surface area contributed by atoms with Gasteiger partial charge in [-0.15, -0.1) is 0 Å². The van der Waals surface area contributed by atoms with Crippen LogP contribution in [-0.2, 0) is 0 Å².